The third-order valence-electron chi connectivity index (χ3n) is 3.28. The van der Waals surface area contributed by atoms with Crippen molar-refractivity contribution in [1.82, 2.24) is 9.97 Å². The van der Waals surface area contributed by atoms with Gasteiger partial charge in [0.15, 0.2) is 0 Å². The Kier molecular flexibility index (Phi) is 3.34. The molecular formula is C15H16N2OS. The van der Waals surface area contributed by atoms with Crippen LogP contribution in [0.25, 0.3) is 11.3 Å². The Morgan fingerprint density at radius 1 is 1.42 bits per heavy atom. The van der Waals surface area contributed by atoms with Gasteiger partial charge in [-0.3, -0.25) is 0 Å². The SMILES string of the molecule is CCCc1nc(=S)cc(-c2cccc3c2OCC3)[nH]1. The first-order chi connectivity index (χ1) is 9.28. The molecule has 0 spiro atoms. The van der Waals surface area contributed by atoms with Gasteiger partial charge in [-0.1, -0.05) is 31.3 Å². The van der Waals surface area contributed by atoms with Crippen molar-refractivity contribution in [1.29, 1.82) is 0 Å². The number of benzene rings is 1. The lowest BCUT2D eigenvalue weighted by Gasteiger charge is -2.09. The van der Waals surface area contributed by atoms with E-state index in [1.54, 1.807) is 0 Å². The average molecular weight is 272 g/mol. The van der Waals surface area contributed by atoms with Gasteiger partial charge in [0.05, 0.1) is 12.3 Å². The maximum Gasteiger partial charge on any atom is 0.131 e. The minimum atomic E-state index is 0.632. The summed E-state index contributed by atoms with van der Waals surface area (Å²) in [5.74, 6) is 1.93. The molecule has 1 aliphatic heterocycles. The molecule has 19 heavy (non-hydrogen) atoms. The van der Waals surface area contributed by atoms with E-state index in [2.05, 4.69) is 35.1 Å². The van der Waals surface area contributed by atoms with Crippen LogP contribution in [0, 0.1) is 4.64 Å². The molecule has 1 aromatic carbocycles. The molecule has 0 saturated carbocycles. The number of fused-ring (bicyclic) bond motifs is 1. The van der Waals surface area contributed by atoms with E-state index in [0.717, 1.165) is 48.7 Å². The van der Waals surface area contributed by atoms with E-state index in [0.29, 0.717) is 4.64 Å². The number of aryl methyl sites for hydroxylation is 1. The number of ether oxygens (including phenoxy) is 1. The highest BCUT2D eigenvalue weighted by molar-refractivity contribution is 7.71. The van der Waals surface area contributed by atoms with Crippen molar-refractivity contribution in [2.45, 2.75) is 26.2 Å². The molecule has 1 N–H and O–H groups in total. The van der Waals surface area contributed by atoms with E-state index in [1.165, 1.54) is 5.56 Å². The lowest BCUT2D eigenvalue weighted by Crippen LogP contribution is -1.98. The number of rotatable bonds is 3. The first-order valence-electron chi connectivity index (χ1n) is 6.63. The van der Waals surface area contributed by atoms with Gasteiger partial charge in [-0.2, -0.15) is 0 Å². The van der Waals surface area contributed by atoms with E-state index in [9.17, 15) is 0 Å². The van der Waals surface area contributed by atoms with Gasteiger partial charge in [0, 0.05) is 18.4 Å². The normalized spacial score (nSPS) is 13.1. The topological polar surface area (TPSA) is 37.9 Å². The quantitative estimate of drug-likeness (QED) is 0.866. The van der Waals surface area contributed by atoms with Gasteiger partial charge in [0.25, 0.3) is 0 Å². The molecule has 3 nitrogen and oxygen atoms in total. The number of nitrogens with one attached hydrogen (secondary N) is 1. The largest absolute Gasteiger partial charge is 0.492 e. The molecule has 0 amide bonds. The zero-order valence-electron chi connectivity index (χ0n) is 10.9. The molecule has 2 aromatic rings. The Morgan fingerprint density at radius 2 is 2.32 bits per heavy atom. The Hall–Kier alpha value is -1.68. The summed E-state index contributed by atoms with van der Waals surface area (Å²) in [5, 5.41) is 0. The smallest absolute Gasteiger partial charge is 0.131 e. The van der Waals surface area contributed by atoms with Crippen LogP contribution in [0.5, 0.6) is 5.75 Å². The molecule has 1 aliphatic rings. The zero-order valence-corrected chi connectivity index (χ0v) is 11.7. The second-order valence-corrected chi connectivity index (χ2v) is 5.14. The number of hydrogen-bond acceptors (Lipinski definition) is 3. The van der Waals surface area contributed by atoms with Gasteiger partial charge in [-0.15, -0.1) is 0 Å². The number of nitrogens with zero attached hydrogens (tertiary/aromatic N) is 1. The molecule has 2 heterocycles. The van der Waals surface area contributed by atoms with E-state index < -0.39 is 0 Å². The minimum Gasteiger partial charge on any atom is -0.492 e. The Bertz CT molecular complexity index is 663. The van der Waals surface area contributed by atoms with Crippen molar-refractivity contribution in [3.8, 4) is 17.0 Å². The molecule has 3 rings (SSSR count). The van der Waals surface area contributed by atoms with Crippen LogP contribution in [0.15, 0.2) is 24.3 Å². The van der Waals surface area contributed by atoms with Crippen LogP contribution in [-0.2, 0) is 12.8 Å². The minimum absolute atomic E-state index is 0.632. The van der Waals surface area contributed by atoms with Crippen LogP contribution in [0.2, 0.25) is 0 Å². The molecule has 98 valence electrons. The van der Waals surface area contributed by atoms with Gasteiger partial charge in [-0.25, -0.2) is 4.98 Å². The standard InChI is InChI=1S/C15H16N2OS/c1-2-4-13-16-12(9-14(19)17-13)11-6-3-5-10-7-8-18-15(10)11/h3,5-6,9H,2,4,7-8H2,1H3,(H,16,17,19). The van der Waals surface area contributed by atoms with Crippen LogP contribution in [0.4, 0.5) is 0 Å². The van der Waals surface area contributed by atoms with Crippen molar-refractivity contribution in [2.24, 2.45) is 0 Å². The molecule has 0 bridgehead atoms. The molecule has 0 saturated heterocycles. The third-order valence-corrected chi connectivity index (χ3v) is 3.49. The fourth-order valence-corrected chi connectivity index (χ4v) is 2.66. The van der Waals surface area contributed by atoms with Crippen molar-refractivity contribution in [3.63, 3.8) is 0 Å². The van der Waals surface area contributed by atoms with Crippen LogP contribution < -0.4 is 4.74 Å². The second-order valence-electron chi connectivity index (χ2n) is 4.72. The van der Waals surface area contributed by atoms with Crippen molar-refractivity contribution in [3.05, 3.63) is 40.3 Å². The van der Waals surface area contributed by atoms with Crippen molar-refractivity contribution < 1.29 is 4.74 Å². The molecule has 4 heteroatoms. The fourth-order valence-electron chi connectivity index (χ4n) is 2.44. The van der Waals surface area contributed by atoms with Crippen LogP contribution >= 0.6 is 12.2 Å². The van der Waals surface area contributed by atoms with Gasteiger partial charge in [0.2, 0.25) is 0 Å². The van der Waals surface area contributed by atoms with Gasteiger partial charge >= 0.3 is 0 Å². The molecular weight excluding hydrogens is 256 g/mol. The van der Waals surface area contributed by atoms with Gasteiger partial charge in [0.1, 0.15) is 16.2 Å². The van der Waals surface area contributed by atoms with Gasteiger partial charge < -0.3 is 9.72 Å². The first-order valence-corrected chi connectivity index (χ1v) is 7.04. The Morgan fingerprint density at radius 3 is 3.16 bits per heavy atom. The van der Waals surface area contributed by atoms with E-state index >= 15 is 0 Å². The summed E-state index contributed by atoms with van der Waals surface area (Å²) >= 11 is 5.26. The van der Waals surface area contributed by atoms with E-state index in [1.807, 2.05) is 6.07 Å². The summed E-state index contributed by atoms with van der Waals surface area (Å²) in [6, 6.07) is 8.17. The summed E-state index contributed by atoms with van der Waals surface area (Å²) in [7, 11) is 0. The number of aromatic nitrogens is 2. The summed E-state index contributed by atoms with van der Waals surface area (Å²) in [4.78, 5) is 7.74. The highest BCUT2D eigenvalue weighted by Gasteiger charge is 2.17. The third kappa shape index (κ3) is 2.40. The van der Waals surface area contributed by atoms with Gasteiger partial charge in [-0.05, 0) is 24.1 Å². The fraction of sp³-hybridized carbons (Fsp3) is 0.333. The number of H-pyrrole nitrogens is 1. The van der Waals surface area contributed by atoms with E-state index in [4.69, 9.17) is 17.0 Å². The molecule has 0 atom stereocenters. The number of para-hydroxylation sites is 1. The Labute approximate surface area is 117 Å². The van der Waals surface area contributed by atoms with Crippen molar-refractivity contribution >= 4 is 12.2 Å². The maximum atomic E-state index is 5.75. The second kappa shape index (κ2) is 5.13. The van der Waals surface area contributed by atoms with Crippen LogP contribution in [0.1, 0.15) is 24.7 Å². The predicted octanol–water partition coefficient (Wildman–Crippen LogP) is 3.69. The first kappa shape index (κ1) is 12.4. The highest BCUT2D eigenvalue weighted by atomic mass is 32.1. The number of hydrogen-bond donors (Lipinski definition) is 1. The molecule has 0 aliphatic carbocycles. The summed E-state index contributed by atoms with van der Waals surface area (Å²) in [5.41, 5.74) is 3.36. The molecule has 0 unspecified atom stereocenters. The lowest BCUT2D eigenvalue weighted by molar-refractivity contribution is 0.358. The van der Waals surface area contributed by atoms with Crippen LogP contribution in [-0.4, -0.2) is 16.6 Å². The zero-order chi connectivity index (χ0) is 13.2. The highest BCUT2D eigenvalue weighted by Crippen LogP contribution is 2.35. The van der Waals surface area contributed by atoms with E-state index in [-0.39, 0.29) is 0 Å². The summed E-state index contributed by atoms with van der Waals surface area (Å²) in [6.45, 7) is 2.90. The molecule has 0 fully saturated rings. The summed E-state index contributed by atoms with van der Waals surface area (Å²) in [6.07, 6.45) is 2.94. The summed E-state index contributed by atoms with van der Waals surface area (Å²) < 4.78 is 6.38. The predicted molar refractivity (Wildman–Crippen MR) is 78.1 cm³/mol. The lowest BCUT2D eigenvalue weighted by atomic mass is 10.1. The molecule has 0 radical (unpaired) electrons. The maximum absolute atomic E-state index is 5.75. The average Bonchev–Trinajstić information content (AvgIpc) is 2.86. The Balaban J connectivity index is 2.12. The molecule has 1 aromatic heterocycles. The van der Waals surface area contributed by atoms with Crippen molar-refractivity contribution in [2.75, 3.05) is 6.61 Å². The monoisotopic (exact) mass is 272 g/mol. The number of aromatic amines is 1. The van der Waals surface area contributed by atoms with Crippen LogP contribution in [0.3, 0.4) is 0 Å².